The molecule has 0 spiro atoms. The summed E-state index contributed by atoms with van der Waals surface area (Å²) in [7, 11) is 3.29. The smallest absolute Gasteiger partial charge is 0.227 e. The molecule has 0 aliphatic carbocycles. The Labute approximate surface area is 834 Å². The Morgan fingerprint density at radius 2 is 0.641 bits per heavy atom. The Kier molecular flexibility index (Phi) is 41.9. The number of nitrogens with one attached hydrogen (secondary N) is 4. The summed E-state index contributed by atoms with van der Waals surface area (Å²) in [5.74, 6) is 8.28. The number of nitrogens with zero attached hydrogens (tertiary/aromatic N) is 12. The number of fused-ring (bicyclic) bond motifs is 28. The third-order valence-electron chi connectivity index (χ3n) is 24.0. The lowest BCUT2D eigenvalue weighted by Gasteiger charge is -2.19. The molecule has 1 fully saturated rings. The Bertz CT molecular complexity index is 6030. The first kappa shape index (κ1) is 104. The van der Waals surface area contributed by atoms with E-state index in [0.29, 0.717) is 154 Å². The van der Waals surface area contributed by atoms with Crippen LogP contribution in [-0.2, 0) is 68.1 Å². The summed E-state index contributed by atoms with van der Waals surface area (Å²) in [6.07, 6.45) is 25.3. The van der Waals surface area contributed by atoms with Crippen molar-refractivity contribution < 1.29 is 66.3 Å². The van der Waals surface area contributed by atoms with Crippen LogP contribution in [-0.4, -0.2) is 232 Å². The van der Waals surface area contributed by atoms with Crippen molar-refractivity contribution in [2.45, 2.75) is 94.0 Å². The second-order valence-electron chi connectivity index (χ2n) is 33.6. The second-order valence-corrected chi connectivity index (χ2v) is 33.6. The molecule has 0 atom stereocenters. The summed E-state index contributed by atoms with van der Waals surface area (Å²) < 4.78 is 82.7. The fourth-order valence-corrected chi connectivity index (χ4v) is 16.1. The number of likely N-dealkylation sites (N-methyl/N-ethyl adjacent to an activating group) is 3. The van der Waals surface area contributed by atoms with Crippen molar-refractivity contribution in [2.24, 2.45) is 0 Å². The van der Waals surface area contributed by atoms with E-state index in [1.807, 2.05) is 218 Å². The summed E-state index contributed by atoms with van der Waals surface area (Å²) in [6.45, 7) is 34.0. The highest BCUT2D eigenvalue weighted by molar-refractivity contribution is 5.70. The molecule has 4 N–H and O–H groups in total. The molecular weight excluding hydrogens is 1790 g/mol. The summed E-state index contributed by atoms with van der Waals surface area (Å²) in [6, 6.07) is 59.5. The molecule has 1 saturated heterocycles. The van der Waals surface area contributed by atoms with Gasteiger partial charge in [0, 0.05) is 124 Å². The largest absolute Gasteiger partial charge is 0.496 e. The maximum absolute atomic E-state index is 6.17. The van der Waals surface area contributed by atoms with Gasteiger partial charge in [0.05, 0.1) is 116 Å². The number of aromatic nitrogens is 8. The van der Waals surface area contributed by atoms with Gasteiger partial charge in [0.2, 0.25) is 23.8 Å². The molecule has 24 bridgehead atoms. The normalized spacial score (nSPS) is 15.3. The van der Waals surface area contributed by atoms with Gasteiger partial charge >= 0.3 is 0 Å². The van der Waals surface area contributed by atoms with Crippen LogP contribution in [0.15, 0.2) is 255 Å². The van der Waals surface area contributed by atoms with E-state index in [2.05, 4.69) is 114 Å². The van der Waals surface area contributed by atoms with Crippen LogP contribution in [0, 0.1) is 0 Å². The van der Waals surface area contributed by atoms with Gasteiger partial charge in [-0.2, -0.15) is 0 Å². The molecule has 0 saturated carbocycles. The topological polar surface area (TPSA) is 293 Å². The van der Waals surface area contributed by atoms with Crippen LogP contribution >= 0.6 is 0 Å². The minimum absolute atomic E-state index is 0.398. The number of benzene rings is 8. The number of anilines is 8. The molecule has 5 aliphatic rings. The molecule has 8 aromatic carbocycles. The number of hydrogen-bond acceptors (Lipinski definition) is 30. The van der Waals surface area contributed by atoms with Crippen molar-refractivity contribution in [1.29, 1.82) is 0 Å². The summed E-state index contributed by atoms with van der Waals surface area (Å²) in [4.78, 5) is 46.0. The molecule has 0 unspecified atom stereocenters. The van der Waals surface area contributed by atoms with Gasteiger partial charge < -0.3 is 102 Å². The van der Waals surface area contributed by atoms with E-state index in [1.54, 1.807) is 39.0 Å². The van der Waals surface area contributed by atoms with Crippen molar-refractivity contribution in [3.8, 4) is 91.0 Å². The number of ether oxygens (including phenoxy) is 14. The maximum atomic E-state index is 6.17. The zero-order valence-corrected chi connectivity index (χ0v) is 83.0. The van der Waals surface area contributed by atoms with Gasteiger partial charge in [-0.25, -0.2) is 39.9 Å². The Morgan fingerprint density at radius 1 is 0.310 bits per heavy atom. The van der Waals surface area contributed by atoms with E-state index in [-0.39, 0.29) is 0 Å². The van der Waals surface area contributed by atoms with Crippen LogP contribution in [0.5, 0.6) is 46.0 Å². The van der Waals surface area contributed by atoms with Gasteiger partial charge in [-0.1, -0.05) is 108 Å². The molecule has 746 valence electrons. The van der Waals surface area contributed by atoms with Gasteiger partial charge in [-0.3, -0.25) is 4.90 Å². The third-order valence-corrected chi connectivity index (χ3v) is 24.0. The quantitative estimate of drug-likeness (QED) is 0.0409. The minimum atomic E-state index is 0.398. The SMILES string of the molecule is CCN(CC)CCOc1ccc2cc1COC/C=C/COCc1cccc(c1)-c1ccnc(n1)N2.CCN(CC)CCOc1ccc2cc1COC/C=C/COc1cc(ccc1OC)-c1ccnc(n1)N2.CCN(CC)CCOc1ccc2cc1COC/C=C/COc1cccc(c1)-c1ccnc(n1)N2.COc1ccc2cc1COC/C=C/COCc1cc(ccc1OCCN1CCCC1)Nc1nccc-2n1. The Balaban J connectivity index is 0.000000150. The molecule has 12 aromatic rings. The summed E-state index contributed by atoms with van der Waals surface area (Å²) >= 11 is 0. The first-order valence-electron chi connectivity index (χ1n) is 49.2. The van der Waals surface area contributed by atoms with Gasteiger partial charge in [0.1, 0.15) is 74.1 Å². The average Bonchev–Trinajstić information content (AvgIpc) is 0.973. The highest BCUT2D eigenvalue weighted by Crippen LogP contribution is 2.37. The van der Waals surface area contributed by atoms with E-state index >= 15 is 0 Å². The van der Waals surface area contributed by atoms with Crippen molar-refractivity contribution in [2.75, 3.05) is 193 Å². The van der Waals surface area contributed by atoms with E-state index in [9.17, 15) is 0 Å². The van der Waals surface area contributed by atoms with E-state index < -0.39 is 0 Å². The minimum Gasteiger partial charge on any atom is -0.496 e. The first-order valence-corrected chi connectivity index (χ1v) is 49.2. The fourth-order valence-electron chi connectivity index (χ4n) is 16.1. The molecule has 0 amide bonds. The number of methoxy groups -OCH3 is 2. The fraction of sp³-hybridized carbons (Fsp3) is 0.357. The van der Waals surface area contributed by atoms with Crippen molar-refractivity contribution in [1.82, 2.24) is 59.5 Å². The third kappa shape index (κ3) is 32.9. The van der Waals surface area contributed by atoms with Crippen LogP contribution < -0.4 is 59.2 Å². The second kappa shape index (κ2) is 57.2. The molecule has 9 heterocycles. The lowest BCUT2D eigenvalue weighted by molar-refractivity contribution is 0.137. The molecule has 30 nitrogen and oxygen atoms in total. The van der Waals surface area contributed by atoms with E-state index in [1.165, 1.54) is 12.8 Å². The first-order chi connectivity index (χ1) is 70.0. The van der Waals surface area contributed by atoms with Gasteiger partial charge in [0.15, 0.2) is 11.5 Å². The predicted octanol–water partition coefficient (Wildman–Crippen LogP) is 20.3. The molecule has 30 heteroatoms. The van der Waals surface area contributed by atoms with Crippen molar-refractivity contribution in [3.05, 3.63) is 289 Å². The molecule has 4 aromatic heterocycles. The number of hydrogen-bond donors (Lipinski definition) is 4. The van der Waals surface area contributed by atoms with Crippen LogP contribution in [0.25, 0.3) is 45.0 Å². The van der Waals surface area contributed by atoms with Crippen molar-refractivity contribution in [3.63, 3.8) is 0 Å². The monoisotopic (exact) mass is 1930 g/mol. The van der Waals surface area contributed by atoms with Crippen LogP contribution in [0.4, 0.5) is 46.5 Å². The molecule has 142 heavy (non-hydrogen) atoms. The van der Waals surface area contributed by atoms with Gasteiger partial charge in [-0.15, -0.1) is 0 Å². The van der Waals surface area contributed by atoms with Gasteiger partial charge in [-0.05, 0) is 235 Å². The Hall–Kier alpha value is -13.8. The van der Waals surface area contributed by atoms with E-state index in [0.717, 1.165) is 214 Å². The Morgan fingerprint density at radius 3 is 1.04 bits per heavy atom. The summed E-state index contributed by atoms with van der Waals surface area (Å²) in [5.41, 5.74) is 16.6. The lowest BCUT2D eigenvalue weighted by Crippen LogP contribution is -2.28. The number of likely N-dealkylation sites (tertiary alicyclic amines) is 1. The average molecular weight is 1930 g/mol. The molecular formula is C112H134N16O14. The van der Waals surface area contributed by atoms with Crippen molar-refractivity contribution >= 4 is 46.5 Å². The standard InChI is InChI=1S/C29H34N4O4.C28H34N4O4.C28H34N4O3.C27H32N4O3/c1-34-27-8-6-22-18-23(27)20-35-15-4-5-16-36-21-24-19-25(31-29-30-11-10-26(22)32-29)7-9-28(24)37-17-14-33-12-2-3-13-33;1-4-32(5-2)14-17-36-25-11-9-23-18-22(25)20-34-15-6-7-16-35-27-19-21(8-10-26(27)33-3)24-12-13-29-28(30-23)31-24;1-3-32(4-2)14-17-35-27-11-10-25-19-24(27)21-34-16-6-5-15-33-20-22-8-7-9-23(18-22)26-12-13-29-28(30-25)31-26;1-3-31(4-2)14-17-34-26-11-10-23-18-22(26)20-32-15-5-6-16-33-24-9-7-8-21(19-24)25-12-13-28-27(29-23)30-25/h4-11,18-19H,2-3,12-17,20-21H2,1H3,(H,30,31,32);6-13,18-19H,4-5,14-17,20H2,1-3H3,(H,29,30,31);5-13,18-19H,3-4,14-17,20-21H2,1-2H3,(H,29,30,31);5-13,18-19H,3-4,14-17,20H2,1-2H3,(H,28,29,30)/b5-4+;7-6+;2*6-5+. The molecule has 0 radical (unpaired) electrons. The highest BCUT2D eigenvalue weighted by Gasteiger charge is 2.20. The molecule has 5 aliphatic heterocycles. The zero-order valence-electron chi connectivity index (χ0n) is 83.0. The van der Waals surface area contributed by atoms with Gasteiger partial charge in [0.25, 0.3) is 0 Å². The van der Waals surface area contributed by atoms with Crippen LogP contribution in [0.2, 0.25) is 0 Å². The maximum Gasteiger partial charge on any atom is 0.227 e. The molecule has 17 rings (SSSR count). The highest BCUT2D eigenvalue weighted by atomic mass is 16.5. The predicted molar refractivity (Wildman–Crippen MR) is 558 cm³/mol. The zero-order chi connectivity index (χ0) is 98.3. The lowest BCUT2D eigenvalue weighted by atomic mass is 10.1. The summed E-state index contributed by atoms with van der Waals surface area (Å²) in [5, 5.41) is 13.3. The van der Waals surface area contributed by atoms with Crippen LogP contribution in [0.3, 0.4) is 0 Å². The van der Waals surface area contributed by atoms with E-state index in [4.69, 9.17) is 86.3 Å². The number of rotatable bonds is 24. The van der Waals surface area contributed by atoms with Crippen LogP contribution in [0.1, 0.15) is 87.8 Å².